The molecule has 6 heteroatoms. The predicted octanol–water partition coefficient (Wildman–Crippen LogP) is 13.3. The van der Waals surface area contributed by atoms with Crippen molar-refractivity contribution >= 4 is 94.4 Å². The van der Waals surface area contributed by atoms with E-state index in [9.17, 15) is 0 Å². The highest BCUT2D eigenvalue weighted by Crippen LogP contribution is 2.40. The first-order valence-electron chi connectivity index (χ1n) is 23.8. The van der Waals surface area contributed by atoms with Crippen LogP contribution in [-0.4, -0.2) is 27.2 Å². The molecule has 5 nitrogen and oxygen atoms in total. The molecule has 328 valence electrons. The molecule has 0 radical (unpaired) electrons. The van der Waals surface area contributed by atoms with Crippen LogP contribution in [0.25, 0.3) is 99.7 Å². The highest BCUT2D eigenvalue weighted by molar-refractivity contribution is 7.19. The van der Waals surface area contributed by atoms with Crippen molar-refractivity contribution in [1.29, 1.82) is 0 Å². The molecule has 4 aromatic heterocycles. The normalized spacial score (nSPS) is 12.0. The van der Waals surface area contributed by atoms with Gasteiger partial charge in [-0.15, -0.1) is 0 Å². The smallest absolute Gasteiger partial charge is 0.179 e. The van der Waals surface area contributed by atoms with E-state index in [-0.39, 0.29) is 0 Å². The summed E-state index contributed by atoms with van der Waals surface area (Å²) >= 11 is 0. The fourth-order valence-corrected chi connectivity index (χ4v) is 16.0. The maximum atomic E-state index is 6.45. The molecule has 14 aromatic rings. The average Bonchev–Trinajstić information content (AvgIpc) is 4.10. The van der Waals surface area contributed by atoms with Crippen LogP contribution in [0.5, 0.6) is 0 Å². The van der Waals surface area contributed by atoms with E-state index in [2.05, 4.69) is 246 Å². The molecule has 0 spiro atoms. The van der Waals surface area contributed by atoms with Crippen molar-refractivity contribution in [1.82, 2.24) is 19.1 Å². The van der Waals surface area contributed by atoms with Gasteiger partial charge in [-0.1, -0.05) is 200 Å². The van der Waals surface area contributed by atoms with E-state index < -0.39 is 8.07 Å². The molecule has 4 heterocycles. The number of rotatable bonds is 8. The first-order valence-corrected chi connectivity index (χ1v) is 25.8. The summed E-state index contributed by atoms with van der Waals surface area (Å²) in [7, 11) is -2.76. The van der Waals surface area contributed by atoms with Crippen molar-refractivity contribution in [2.75, 3.05) is 0 Å². The van der Waals surface area contributed by atoms with Crippen LogP contribution in [0.15, 0.2) is 259 Å². The van der Waals surface area contributed by atoms with E-state index in [0.717, 1.165) is 72.1 Å². The van der Waals surface area contributed by atoms with Crippen LogP contribution in [0.1, 0.15) is 0 Å². The molecule has 70 heavy (non-hydrogen) atoms. The van der Waals surface area contributed by atoms with Crippen LogP contribution in [-0.2, 0) is 0 Å². The number of furan rings is 1. The largest absolute Gasteiger partial charge is 0.456 e. The molecule has 0 unspecified atom stereocenters. The number of aromatic nitrogens is 4. The Balaban J connectivity index is 1.00. The number of hydrogen-bond acceptors (Lipinski definition) is 3. The van der Waals surface area contributed by atoms with Crippen LogP contribution < -0.4 is 20.7 Å². The third kappa shape index (κ3) is 6.10. The van der Waals surface area contributed by atoms with Gasteiger partial charge >= 0.3 is 0 Å². The van der Waals surface area contributed by atoms with Gasteiger partial charge in [0.2, 0.25) is 0 Å². The second-order valence-electron chi connectivity index (χ2n) is 18.1. The van der Waals surface area contributed by atoms with Crippen molar-refractivity contribution in [3.05, 3.63) is 255 Å². The maximum absolute atomic E-state index is 6.45. The van der Waals surface area contributed by atoms with Crippen molar-refractivity contribution in [3.63, 3.8) is 0 Å². The molecule has 0 atom stereocenters. The van der Waals surface area contributed by atoms with Gasteiger partial charge in [-0.25, -0.2) is 9.97 Å². The summed E-state index contributed by atoms with van der Waals surface area (Å²) in [5.74, 6) is 1.43. The summed E-state index contributed by atoms with van der Waals surface area (Å²) < 4.78 is 11.2. The molecule has 0 aliphatic carbocycles. The Kier molecular flexibility index (Phi) is 9.15. The number of fused-ring (bicyclic) bond motifs is 9. The first-order chi connectivity index (χ1) is 34.7. The molecule has 0 aliphatic heterocycles. The second-order valence-corrected chi connectivity index (χ2v) is 21.9. The lowest BCUT2D eigenvalue weighted by Gasteiger charge is -2.34. The number of nitrogens with zero attached hydrogens (tertiary/aromatic N) is 4. The van der Waals surface area contributed by atoms with Crippen LogP contribution >= 0.6 is 0 Å². The van der Waals surface area contributed by atoms with E-state index in [1.807, 2.05) is 18.2 Å². The summed E-state index contributed by atoms with van der Waals surface area (Å²) in [6, 6.07) is 91.9. The number of para-hydroxylation sites is 4. The van der Waals surface area contributed by atoms with Gasteiger partial charge in [0.1, 0.15) is 17.0 Å². The Morgan fingerprint density at radius 1 is 0.343 bits per heavy atom. The van der Waals surface area contributed by atoms with Gasteiger partial charge in [-0.2, -0.15) is 0 Å². The van der Waals surface area contributed by atoms with E-state index in [0.29, 0.717) is 5.82 Å². The number of hydrogen-bond donors (Lipinski definition) is 0. The van der Waals surface area contributed by atoms with Gasteiger partial charge in [0, 0.05) is 55.2 Å². The molecule has 0 fully saturated rings. The van der Waals surface area contributed by atoms with Gasteiger partial charge in [0.05, 0.1) is 27.8 Å². The summed E-state index contributed by atoms with van der Waals surface area (Å²) in [6.07, 6.45) is 0. The monoisotopic (exact) mass is 910 g/mol. The highest BCUT2D eigenvalue weighted by atomic mass is 28.3. The SMILES string of the molecule is c1ccc([Si](c2ccccc2)(c2ccccc2)c2ccc(-c3nc(-c4cccc5oc6ccccc6c45)cc(-n4c5ccccc5c5cc(-n6c7ccccc7c7ccccc76)ccc54)n3)cc2)cc1. The first kappa shape index (κ1) is 40.0. The minimum atomic E-state index is -2.76. The van der Waals surface area contributed by atoms with Crippen LogP contribution in [0, 0.1) is 0 Å². The second kappa shape index (κ2) is 16.0. The van der Waals surface area contributed by atoms with Crippen molar-refractivity contribution in [3.8, 4) is 34.2 Å². The van der Waals surface area contributed by atoms with Gasteiger partial charge in [-0.05, 0) is 69.3 Å². The quantitative estimate of drug-likeness (QED) is 0.113. The fraction of sp³-hybridized carbons (Fsp3) is 0. The Labute approximate surface area is 404 Å². The fourth-order valence-electron chi connectivity index (χ4n) is 11.3. The zero-order chi connectivity index (χ0) is 46.2. The van der Waals surface area contributed by atoms with Crippen LogP contribution in [0.2, 0.25) is 0 Å². The Hall–Kier alpha value is -9.10. The van der Waals surface area contributed by atoms with Gasteiger partial charge in [0.15, 0.2) is 13.9 Å². The Morgan fingerprint density at radius 2 is 0.829 bits per heavy atom. The topological polar surface area (TPSA) is 48.8 Å². The zero-order valence-corrected chi connectivity index (χ0v) is 38.9. The Morgan fingerprint density at radius 3 is 1.44 bits per heavy atom. The lowest BCUT2D eigenvalue weighted by atomic mass is 10.0. The zero-order valence-electron chi connectivity index (χ0n) is 37.9. The van der Waals surface area contributed by atoms with E-state index in [1.54, 1.807) is 0 Å². The van der Waals surface area contributed by atoms with Crippen LogP contribution in [0.3, 0.4) is 0 Å². The molecule has 0 aliphatic rings. The lowest BCUT2D eigenvalue weighted by Crippen LogP contribution is -2.74. The minimum Gasteiger partial charge on any atom is -0.456 e. The number of benzene rings is 10. The van der Waals surface area contributed by atoms with E-state index in [1.165, 1.54) is 42.6 Å². The molecule has 0 saturated heterocycles. The maximum Gasteiger partial charge on any atom is 0.179 e. The summed E-state index contributed by atoms with van der Waals surface area (Å²) in [4.78, 5) is 11.1. The van der Waals surface area contributed by atoms with Crippen molar-refractivity contribution in [2.24, 2.45) is 0 Å². The molecule has 0 amide bonds. The molecule has 0 N–H and O–H groups in total. The van der Waals surface area contributed by atoms with E-state index >= 15 is 0 Å². The third-order valence-electron chi connectivity index (χ3n) is 14.3. The third-order valence-corrected chi connectivity index (χ3v) is 19.1. The Bertz CT molecular complexity index is 4140. The highest BCUT2D eigenvalue weighted by Gasteiger charge is 2.41. The molecular formula is C64H42N4OSi. The molecule has 10 aromatic carbocycles. The van der Waals surface area contributed by atoms with Gasteiger partial charge in [-0.3, -0.25) is 4.57 Å². The molecule has 0 saturated carbocycles. The predicted molar refractivity (Wildman–Crippen MR) is 292 cm³/mol. The average molecular weight is 911 g/mol. The summed E-state index contributed by atoms with van der Waals surface area (Å²) in [5.41, 5.74) is 10.0. The molecular weight excluding hydrogens is 869 g/mol. The van der Waals surface area contributed by atoms with E-state index in [4.69, 9.17) is 14.4 Å². The van der Waals surface area contributed by atoms with Gasteiger partial charge < -0.3 is 8.98 Å². The van der Waals surface area contributed by atoms with Crippen molar-refractivity contribution < 1.29 is 4.42 Å². The standard InChI is InChI=1S/C64H42N4OSi/c1-4-19-45(20-5-1)70(46-21-6-2-7-22-46,47-23-8-3-9-24-47)48-38-35-43(36-39-48)64-65-55(52-29-18-34-61-63(52)53-28-13-17-33-60(53)69-61)42-62(66-64)68-58-32-16-12-27-51(58)54-41-44(37-40-59(54)68)67-56-30-14-10-25-49(56)50-26-11-15-31-57(50)67/h1-42H. The summed E-state index contributed by atoms with van der Waals surface area (Å²) in [6.45, 7) is 0. The lowest BCUT2D eigenvalue weighted by molar-refractivity contribution is 0.669. The molecule has 14 rings (SSSR count). The van der Waals surface area contributed by atoms with Gasteiger partial charge in [0.25, 0.3) is 0 Å². The minimum absolute atomic E-state index is 0.642. The van der Waals surface area contributed by atoms with Crippen LogP contribution in [0.4, 0.5) is 0 Å². The summed E-state index contributed by atoms with van der Waals surface area (Å²) in [5, 5.41) is 12.1. The van der Waals surface area contributed by atoms with Crippen molar-refractivity contribution in [2.45, 2.75) is 0 Å². The molecule has 0 bridgehead atoms.